The Morgan fingerprint density at radius 1 is 1.71 bits per heavy atom. The molecule has 0 radical (unpaired) electrons. The highest BCUT2D eigenvalue weighted by atomic mass is 16.3. The van der Waals surface area contributed by atoms with E-state index in [0.717, 1.165) is 25.3 Å². The summed E-state index contributed by atoms with van der Waals surface area (Å²) in [5, 5.41) is 0. The number of hydrogen-bond acceptors (Lipinski definition) is 2. The van der Waals surface area contributed by atoms with Crippen molar-refractivity contribution in [1.82, 2.24) is 4.90 Å². The van der Waals surface area contributed by atoms with E-state index < -0.39 is 0 Å². The van der Waals surface area contributed by atoms with Gasteiger partial charge >= 0.3 is 0 Å². The number of amides is 1. The predicted octanol–water partition coefficient (Wildman–Crippen LogP) is 1.78. The van der Waals surface area contributed by atoms with Crippen molar-refractivity contribution in [3.8, 4) is 0 Å². The smallest absolute Gasteiger partial charge is 0.245 e. The number of rotatable bonds is 2. The largest absolute Gasteiger partial charge is 0.469 e. The molecule has 0 aliphatic carbocycles. The SMILES string of the molecule is C=CC(=O)N1CC[C@@H](c2ccco2)C1. The van der Waals surface area contributed by atoms with Crippen molar-refractivity contribution >= 4 is 5.91 Å². The second kappa shape index (κ2) is 3.70. The van der Waals surface area contributed by atoms with Crippen LogP contribution in [0.3, 0.4) is 0 Å². The third kappa shape index (κ3) is 1.58. The zero-order chi connectivity index (χ0) is 9.97. The molecule has 1 atom stereocenters. The maximum atomic E-state index is 11.3. The van der Waals surface area contributed by atoms with E-state index >= 15 is 0 Å². The van der Waals surface area contributed by atoms with Crippen LogP contribution in [0.1, 0.15) is 18.1 Å². The van der Waals surface area contributed by atoms with Crippen LogP contribution in [0.25, 0.3) is 0 Å². The molecule has 1 aliphatic rings. The lowest BCUT2D eigenvalue weighted by atomic mass is 10.1. The van der Waals surface area contributed by atoms with Crippen molar-refractivity contribution in [3.05, 3.63) is 36.8 Å². The molecule has 1 fully saturated rings. The van der Waals surface area contributed by atoms with Gasteiger partial charge in [-0.2, -0.15) is 0 Å². The molecule has 1 aliphatic heterocycles. The summed E-state index contributed by atoms with van der Waals surface area (Å²) in [4.78, 5) is 13.1. The number of carbonyl (C=O) groups excluding carboxylic acids is 1. The Kier molecular flexibility index (Phi) is 2.39. The molecular formula is C11H13NO2. The fraction of sp³-hybridized carbons (Fsp3) is 0.364. The van der Waals surface area contributed by atoms with E-state index in [1.54, 1.807) is 11.2 Å². The van der Waals surface area contributed by atoms with Gasteiger partial charge in [-0.05, 0) is 24.6 Å². The Morgan fingerprint density at radius 3 is 3.21 bits per heavy atom. The van der Waals surface area contributed by atoms with Crippen LogP contribution in [0.4, 0.5) is 0 Å². The summed E-state index contributed by atoms with van der Waals surface area (Å²) in [7, 11) is 0. The second-order valence-electron chi connectivity index (χ2n) is 3.49. The zero-order valence-corrected chi connectivity index (χ0v) is 7.98. The van der Waals surface area contributed by atoms with E-state index in [9.17, 15) is 4.79 Å². The fourth-order valence-electron chi connectivity index (χ4n) is 1.85. The van der Waals surface area contributed by atoms with Gasteiger partial charge in [-0.1, -0.05) is 6.58 Å². The van der Waals surface area contributed by atoms with Gasteiger partial charge in [-0.25, -0.2) is 0 Å². The monoisotopic (exact) mass is 191 g/mol. The van der Waals surface area contributed by atoms with E-state index in [2.05, 4.69) is 6.58 Å². The Bertz CT molecular complexity index is 329. The first-order valence-corrected chi connectivity index (χ1v) is 4.76. The van der Waals surface area contributed by atoms with E-state index in [1.807, 2.05) is 12.1 Å². The third-order valence-electron chi connectivity index (χ3n) is 2.62. The summed E-state index contributed by atoms with van der Waals surface area (Å²) in [6.45, 7) is 5.03. The van der Waals surface area contributed by atoms with Crippen molar-refractivity contribution < 1.29 is 9.21 Å². The van der Waals surface area contributed by atoms with E-state index in [1.165, 1.54) is 6.08 Å². The number of furan rings is 1. The first-order chi connectivity index (χ1) is 6.81. The predicted molar refractivity (Wildman–Crippen MR) is 52.8 cm³/mol. The summed E-state index contributed by atoms with van der Waals surface area (Å²) in [6.07, 6.45) is 4.02. The Balaban J connectivity index is 2.02. The third-order valence-corrected chi connectivity index (χ3v) is 2.62. The van der Waals surface area contributed by atoms with Gasteiger partial charge in [0.1, 0.15) is 5.76 Å². The first-order valence-electron chi connectivity index (χ1n) is 4.76. The van der Waals surface area contributed by atoms with Gasteiger partial charge in [-0.15, -0.1) is 0 Å². The van der Waals surface area contributed by atoms with Crippen LogP contribution in [0.15, 0.2) is 35.5 Å². The van der Waals surface area contributed by atoms with Crippen LogP contribution >= 0.6 is 0 Å². The van der Waals surface area contributed by atoms with Crippen LogP contribution in [0.2, 0.25) is 0 Å². The maximum absolute atomic E-state index is 11.3. The second-order valence-corrected chi connectivity index (χ2v) is 3.49. The van der Waals surface area contributed by atoms with Crippen LogP contribution in [-0.2, 0) is 4.79 Å². The molecular weight excluding hydrogens is 178 g/mol. The normalized spacial score (nSPS) is 21.1. The Labute approximate surface area is 83.0 Å². The van der Waals surface area contributed by atoms with Crippen LogP contribution in [0, 0.1) is 0 Å². The average Bonchev–Trinajstić information content (AvgIpc) is 2.86. The highest BCUT2D eigenvalue weighted by molar-refractivity contribution is 5.87. The van der Waals surface area contributed by atoms with Gasteiger partial charge in [0, 0.05) is 19.0 Å². The molecule has 2 heterocycles. The van der Waals surface area contributed by atoms with Gasteiger partial charge in [0.15, 0.2) is 0 Å². The van der Waals surface area contributed by atoms with Crippen LogP contribution in [0.5, 0.6) is 0 Å². The van der Waals surface area contributed by atoms with E-state index in [0.29, 0.717) is 5.92 Å². The van der Waals surface area contributed by atoms with Crippen molar-refractivity contribution in [1.29, 1.82) is 0 Å². The lowest BCUT2D eigenvalue weighted by molar-refractivity contribution is -0.125. The highest BCUT2D eigenvalue weighted by Gasteiger charge is 2.27. The zero-order valence-electron chi connectivity index (χ0n) is 7.98. The molecule has 0 unspecified atom stereocenters. The van der Waals surface area contributed by atoms with E-state index in [4.69, 9.17) is 4.42 Å². The minimum Gasteiger partial charge on any atom is -0.469 e. The summed E-state index contributed by atoms with van der Waals surface area (Å²) < 4.78 is 5.32. The molecule has 1 saturated heterocycles. The molecule has 1 aromatic heterocycles. The van der Waals surface area contributed by atoms with Crippen molar-refractivity contribution in [2.45, 2.75) is 12.3 Å². The lowest BCUT2D eigenvalue weighted by Gasteiger charge is -2.12. The summed E-state index contributed by atoms with van der Waals surface area (Å²) >= 11 is 0. The minimum atomic E-state index is 0.0130. The molecule has 0 bridgehead atoms. The van der Waals surface area contributed by atoms with Crippen molar-refractivity contribution in [3.63, 3.8) is 0 Å². The van der Waals surface area contributed by atoms with Crippen LogP contribution in [-0.4, -0.2) is 23.9 Å². The first kappa shape index (κ1) is 9.06. The Morgan fingerprint density at radius 2 is 2.57 bits per heavy atom. The van der Waals surface area contributed by atoms with Crippen LogP contribution < -0.4 is 0 Å². The maximum Gasteiger partial charge on any atom is 0.245 e. The quantitative estimate of drug-likeness (QED) is 0.668. The molecule has 2 rings (SSSR count). The summed E-state index contributed by atoms with van der Waals surface area (Å²) in [5.74, 6) is 1.34. The molecule has 0 saturated carbocycles. The summed E-state index contributed by atoms with van der Waals surface area (Å²) in [6, 6.07) is 3.85. The molecule has 0 N–H and O–H groups in total. The average molecular weight is 191 g/mol. The van der Waals surface area contributed by atoms with Crippen molar-refractivity contribution in [2.75, 3.05) is 13.1 Å². The number of carbonyl (C=O) groups is 1. The van der Waals surface area contributed by atoms with Gasteiger partial charge in [0.2, 0.25) is 5.91 Å². The topological polar surface area (TPSA) is 33.5 Å². The molecule has 3 heteroatoms. The molecule has 0 aromatic carbocycles. The molecule has 3 nitrogen and oxygen atoms in total. The highest BCUT2D eigenvalue weighted by Crippen LogP contribution is 2.27. The Hall–Kier alpha value is -1.51. The fourth-order valence-corrected chi connectivity index (χ4v) is 1.85. The van der Waals surface area contributed by atoms with Gasteiger partial charge < -0.3 is 9.32 Å². The number of nitrogens with zero attached hydrogens (tertiary/aromatic N) is 1. The molecule has 0 spiro atoms. The summed E-state index contributed by atoms with van der Waals surface area (Å²) in [5.41, 5.74) is 0. The molecule has 1 amide bonds. The number of likely N-dealkylation sites (tertiary alicyclic amines) is 1. The molecule has 14 heavy (non-hydrogen) atoms. The molecule has 1 aromatic rings. The van der Waals surface area contributed by atoms with Gasteiger partial charge in [-0.3, -0.25) is 4.79 Å². The van der Waals surface area contributed by atoms with Gasteiger partial charge in [0.25, 0.3) is 0 Å². The molecule has 74 valence electrons. The minimum absolute atomic E-state index is 0.0130. The lowest BCUT2D eigenvalue weighted by Crippen LogP contribution is -2.26. The van der Waals surface area contributed by atoms with Crippen molar-refractivity contribution in [2.24, 2.45) is 0 Å². The standard InChI is InChI=1S/C11H13NO2/c1-2-11(13)12-6-5-9(8-12)10-4-3-7-14-10/h2-4,7,9H,1,5-6,8H2/t9-/m1/s1. The number of hydrogen-bond donors (Lipinski definition) is 0. The van der Waals surface area contributed by atoms with Gasteiger partial charge in [0.05, 0.1) is 6.26 Å². The van der Waals surface area contributed by atoms with E-state index in [-0.39, 0.29) is 5.91 Å².